The van der Waals surface area contributed by atoms with Gasteiger partial charge in [-0.1, -0.05) is 29.8 Å². The van der Waals surface area contributed by atoms with Crippen molar-refractivity contribution < 1.29 is 4.79 Å². The van der Waals surface area contributed by atoms with E-state index in [-0.39, 0.29) is 12.5 Å². The normalized spacial score (nSPS) is 10.2. The second kappa shape index (κ2) is 6.50. The number of amides is 1. The van der Waals surface area contributed by atoms with Crippen LogP contribution < -0.4 is 16.0 Å². The third-order valence-corrected chi connectivity index (χ3v) is 3.53. The molecule has 0 aromatic heterocycles. The summed E-state index contributed by atoms with van der Waals surface area (Å²) in [6, 6.07) is 13.0. The van der Waals surface area contributed by atoms with Crippen LogP contribution >= 0.6 is 11.6 Å². The van der Waals surface area contributed by atoms with Crippen LogP contribution in [0.3, 0.4) is 0 Å². The maximum Gasteiger partial charge on any atom is 0.243 e. The van der Waals surface area contributed by atoms with Gasteiger partial charge in [0.2, 0.25) is 5.91 Å². The predicted octanol–water partition coefficient (Wildman–Crippen LogP) is 3.31. The highest BCUT2D eigenvalue weighted by Crippen LogP contribution is 2.22. The first kappa shape index (κ1) is 15.2. The Bertz CT molecular complexity index is 658. The van der Waals surface area contributed by atoms with Gasteiger partial charge in [0.1, 0.15) is 0 Å². The molecule has 4 nitrogen and oxygen atoms in total. The fourth-order valence-electron chi connectivity index (χ4n) is 2.11. The number of para-hydroxylation sites is 1. The maximum atomic E-state index is 12.1. The van der Waals surface area contributed by atoms with Crippen LogP contribution in [0.4, 0.5) is 17.1 Å². The predicted molar refractivity (Wildman–Crippen MR) is 88.9 cm³/mol. The molecule has 0 heterocycles. The first-order chi connectivity index (χ1) is 9.97. The zero-order chi connectivity index (χ0) is 15.4. The van der Waals surface area contributed by atoms with E-state index in [1.54, 1.807) is 18.2 Å². The number of nitrogens with two attached hydrogens (primary N) is 1. The maximum absolute atomic E-state index is 12.1. The number of nitrogens with zero attached hydrogens (tertiary/aromatic N) is 1. The summed E-state index contributed by atoms with van der Waals surface area (Å²) in [6.45, 7) is 2.27. The van der Waals surface area contributed by atoms with E-state index < -0.39 is 0 Å². The number of likely N-dealkylation sites (N-methyl/N-ethyl adjacent to an activating group) is 1. The Labute approximate surface area is 129 Å². The summed E-state index contributed by atoms with van der Waals surface area (Å²) in [6.07, 6.45) is 0. The van der Waals surface area contributed by atoms with Gasteiger partial charge in [0, 0.05) is 18.4 Å². The smallest absolute Gasteiger partial charge is 0.243 e. The lowest BCUT2D eigenvalue weighted by molar-refractivity contribution is -0.114. The molecule has 0 saturated heterocycles. The van der Waals surface area contributed by atoms with Crippen molar-refractivity contribution in [2.75, 3.05) is 29.5 Å². The summed E-state index contributed by atoms with van der Waals surface area (Å²) in [5.41, 5.74) is 8.96. The molecule has 0 spiro atoms. The van der Waals surface area contributed by atoms with E-state index >= 15 is 0 Å². The monoisotopic (exact) mass is 303 g/mol. The molecule has 0 aliphatic carbocycles. The van der Waals surface area contributed by atoms with Crippen molar-refractivity contribution in [2.24, 2.45) is 0 Å². The molecule has 0 fully saturated rings. The molecule has 2 aromatic rings. The van der Waals surface area contributed by atoms with Crippen LogP contribution in [0.25, 0.3) is 0 Å². The number of hydrogen-bond acceptors (Lipinski definition) is 3. The van der Waals surface area contributed by atoms with Gasteiger partial charge < -0.3 is 16.0 Å². The van der Waals surface area contributed by atoms with Gasteiger partial charge in [0.05, 0.1) is 17.3 Å². The average Bonchev–Trinajstić information content (AvgIpc) is 2.43. The molecular weight excluding hydrogens is 286 g/mol. The Morgan fingerprint density at radius 1 is 1.29 bits per heavy atom. The van der Waals surface area contributed by atoms with Crippen LogP contribution in [0.2, 0.25) is 5.02 Å². The van der Waals surface area contributed by atoms with Crippen LogP contribution in [0, 0.1) is 6.92 Å². The van der Waals surface area contributed by atoms with Gasteiger partial charge in [-0.2, -0.15) is 0 Å². The molecule has 21 heavy (non-hydrogen) atoms. The Morgan fingerprint density at radius 3 is 2.67 bits per heavy atom. The molecule has 1 amide bonds. The summed E-state index contributed by atoms with van der Waals surface area (Å²) in [7, 11) is 1.89. The molecule has 110 valence electrons. The van der Waals surface area contributed by atoms with Crippen molar-refractivity contribution in [1.82, 2.24) is 0 Å². The molecular formula is C16H18ClN3O. The summed E-state index contributed by atoms with van der Waals surface area (Å²) in [5.74, 6) is -0.109. The van der Waals surface area contributed by atoms with Gasteiger partial charge in [0.15, 0.2) is 0 Å². The summed E-state index contributed by atoms with van der Waals surface area (Å²) >= 11 is 5.85. The van der Waals surface area contributed by atoms with E-state index in [1.165, 1.54) is 0 Å². The number of nitrogen functional groups attached to an aromatic ring is 1. The third-order valence-electron chi connectivity index (χ3n) is 3.19. The first-order valence-corrected chi connectivity index (χ1v) is 6.97. The Hall–Kier alpha value is -2.20. The van der Waals surface area contributed by atoms with Crippen LogP contribution in [-0.2, 0) is 4.79 Å². The van der Waals surface area contributed by atoms with E-state index in [9.17, 15) is 4.79 Å². The third kappa shape index (κ3) is 3.89. The lowest BCUT2D eigenvalue weighted by Gasteiger charge is -2.20. The number of halogens is 1. The topological polar surface area (TPSA) is 58.4 Å². The number of anilines is 3. The molecule has 0 unspecified atom stereocenters. The van der Waals surface area contributed by atoms with Gasteiger partial charge >= 0.3 is 0 Å². The van der Waals surface area contributed by atoms with Crippen LogP contribution in [0.1, 0.15) is 5.56 Å². The highest BCUT2D eigenvalue weighted by atomic mass is 35.5. The van der Waals surface area contributed by atoms with Crippen molar-refractivity contribution in [3.05, 3.63) is 53.1 Å². The van der Waals surface area contributed by atoms with Crippen molar-refractivity contribution >= 4 is 34.6 Å². The number of aryl methyl sites for hydroxylation is 1. The minimum atomic E-state index is -0.109. The van der Waals surface area contributed by atoms with E-state index in [2.05, 4.69) is 5.32 Å². The summed E-state index contributed by atoms with van der Waals surface area (Å²) < 4.78 is 0. The summed E-state index contributed by atoms with van der Waals surface area (Å²) in [5, 5.41) is 3.29. The quantitative estimate of drug-likeness (QED) is 0.852. The molecule has 0 atom stereocenters. The van der Waals surface area contributed by atoms with E-state index in [4.69, 9.17) is 17.3 Å². The Morgan fingerprint density at radius 2 is 2.00 bits per heavy atom. The molecule has 2 aromatic carbocycles. The number of hydrogen-bond donors (Lipinski definition) is 2. The van der Waals surface area contributed by atoms with Crippen LogP contribution in [-0.4, -0.2) is 19.5 Å². The van der Waals surface area contributed by atoms with Gasteiger partial charge in [-0.3, -0.25) is 4.79 Å². The minimum absolute atomic E-state index is 0.109. The number of carbonyl (C=O) groups is 1. The number of benzene rings is 2. The Balaban J connectivity index is 2.01. The number of nitrogens with one attached hydrogen (secondary N) is 1. The van der Waals surface area contributed by atoms with Crippen LogP contribution in [0.5, 0.6) is 0 Å². The number of carbonyl (C=O) groups excluding carboxylic acids is 1. The first-order valence-electron chi connectivity index (χ1n) is 6.59. The molecule has 5 heteroatoms. The second-order valence-electron chi connectivity index (χ2n) is 4.93. The van der Waals surface area contributed by atoms with E-state index in [0.717, 1.165) is 11.3 Å². The van der Waals surface area contributed by atoms with E-state index in [1.807, 2.05) is 43.1 Å². The number of rotatable bonds is 4. The summed E-state index contributed by atoms with van der Waals surface area (Å²) in [4.78, 5) is 14.0. The molecule has 0 saturated carbocycles. The highest BCUT2D eigenvalue weighted by Gasteiger charge is 2.10. The van der Waals surface area contributed by atoms with Gasteiger partial charge in [-0.05, 0) is 36.8 Å². The molecule has 3 N–H and O–H groups in total. The zero-order valence-electron chi connectivity index (χ0n) is 12.1. The second-order valence-corrected chi connectivity index (χ2v) is 5.33. The van der Waals surface area contributed by atoms with Crippen molar-refractivity contribution in [2.45, 2.75) is 6.92 Å². The van der Waals surface area contributed by atoms with E-state index in [0.29, 0.717) is 16.4 Å². The largest absolute Gasteiger partial charge is 0.397 e. The minimum Gasteiger partial charge on any atom is -0.397 e. The standard InChI is InChI=1S/C16H18ClN3O/c1-11-5-3-4-6-15(11)20(2)10-16(21)19-12-7-8-13(17)14(18)9-12/h3-9H,10,18H2,1-2H3,(H,19,21). The highest BCUT2D eigenvalue weighted by molar-refractivity contribution is 6.33. The van der Waals surface area contributed by atoms with Crippen molar-refractivity contribution in [1.29, 1.82) is 0 Å². The van der Waals surface area contributed by atoms with Crippen molar-refractivity contribution in [3.8, 4) is 0 Å². The molecule has 0 aliphatic rings. The van der Waals surface area contributed by atoms with Gasteiger partial charge in [-0.25, -0.2) is 0 Å². The SMILES string of the molecule is Cc1ccccc1N(C)CC(=O)Nc1ccc(Cl)c(N)c1. The molecule has 0 aliphatic heterocycles. The fraction of sp³-hybridized carbons (Fsp3) is 0.188. The lowest BCUT2D eigenvalue weighted by atomic mass is 10.2. The van der Waals surface area contributed by atoms with Crippen LogP contribution in [0.15, 0.2) is 42.5 Å². The zero-order valence-corrected chi connectivity index (χ0v) is 12.8. The fourth-order valence-corrected chi connectivity index (χ4v) is 2.23. The average molecular weight is 304 g/mol. The molecule has 0 radical (unpaired) electrons. The Kier molecular flexibility index (Phi) is 4.70. The van der Waals surface area contributed by atoms with Gasteiger partial charge in [-0.15, -0.1) is 0 Å². The molecule has 0 bridgehead atoms. The lowest BCUT2D eigenvalue weighted by Crippen LogP contribution is -2.30. The molecule has 2 rings (SSSR count). The van der Waals surface area contributed by atoms with Gasteiger partial charge in [0.25, 0.3) is 0 Å². The van der Waals surface area contributed by atoms with Crippen molar-refractivity contribution in [3.63, 3.8) is 0 Å².